The fraction of sp³-hybridized carbons (Fsp3) is 0.440. The molecule has 2 amide bonds. The molecule has 0 bridgehead atoms. The van der Waals surface area contributed by atoms with Gasteiger partial charge in [-0.1, -0.05) is 38.3 Å². The molecule has 1 fully saturated rings. The maximum absolute atomic E-state index is 13.8. The van der Waals surface area contributed by atoms with Crippen LogP contribution in [0.3, 0.4) is 0 Å². The molecule has 5 nitrogen and oxygen atoms in total. The van der Waals surface area contributed by atoms with Gasteiger partial charge in [0.25, 0.3) is 5.91 Å². The lowest BCUT2D eigenvalue weighted by atomic mass is 9.92. The summed E-state index contributed by atoms with van der Waals surface area (Å²) < 4.78 is 27.5. The third-order valence-electron chi connectivity index (χ3n) is 5.97. The highest BCUT2D eigenvalue weighted by Gasteiger charge is 2.27. The van der Waals surface area contributed by atoms with E-state index in [1.165, 1.54) is 4.90 Å². The Morgan fingerprint density at radius 3 is 2.36 bits per heavy atom. The lowest BCUT2D eigenvalue weighted by Crippen LogP contribution is -2.41. The first-order valence-electron chi connectivity index (χ1n) is 11.1. The van der Waals surface area contributed by atoms with Crippen LogP contribution in [0.25, 0.3) is 0 Å². The minimum Gasteiger partial charge on any atom is -0.334 e. The van der Waals surface area contributed by atoms with Crippen LogP contribution in [0.5, 0.6) is 0 Å². The molecule has 2 aromatic carbocycles. The van der Waals surface area contributed by atoms with Crippen molar-refractivity contribution < 1.29 is 18.4 Å². The van der Waals surface area contributed by atoms with E-state index >= 15 is 0 Å². The zero-order chi connectivity index (χ0) is 24.2. The van der Waals surface area contributed by atoms with Gasteiger partial charge >= 0.3 is 0 Å². The van der Waals surface area contributed by atoms with E-state index in [-0.39, 0.29) is 30.5 Å². The number of carbonyl (C=O) groups is 2. The Hall–Kier alpha value is -2.51. The van der Waals surface area contributed by atoms with Crippen molar-refractivity contribution >= 4 is 29.1 Å². The van der Waals surface area contributed by atoms with Gasteiger partial charge in [-0.25, -0.2) is 8.78 Å². The largest absolute Gasteiger partial charge is 0.334 e. The summed E-state index contributed by atoms with van der Waals surface area (Å²) in [5, 5.41) is 3.36. The molecule has 0 aromatic heterocycles. The molecule has 33 heavy (non-hydrogen) atoms. The second-order valence-electron chi connectivity index (χ2n) is 9.46. The van der Waals surface area contributed by atoms with Crippen molar-refractivity contribution in [3.05, 3.63) is 64.2 Å². The zero-order valence-corrected chi connectivity index (χ0v) is 19.7. The Morgan fingerprint density at radius 1 is 1.12 bits per heavy atom. The fourth-order valence-corrected chi connectivity index (χ4v) is 4.23. The standard InChI is InChI=1S/C25H30ClF2N3O2/c1-25(2,14-29)15-31(24(33)17-9-19(27)12-20(28)10-17)13-18-11-21(7-8-22(18)26)30-23(32)16-5-3-4-6-16/h7-12,16H,3-6,13-15,29H2,1-2H3,(H,30,32). The minimum absolute atomic E-state index is 0.00966. The van der Waals surface area contributed by atoms with E-state index in [4.69, 9.17) is 17.3 Å². The number of anilines is 1. The molecule has 3 rings (SSSR count). The number of nitrogens with one attached hydrogen (secondary N) is 1. The van der Waals surface area contributed by atoms with Gasteiger partial charge in [-0.2, -0.15) is 0 Å². The Balaban J connectivity index is 1.86. The lowest BCUT2D eigenvalue weighted by molar-refractivity contribution is -0.119. The molecule has 1 saturated carbocycles. The van der Waals surface area contributed by atoms with Crippen LogP contribution in [0.2, 0.25) is 5.02 Å². The van der Waals surface area contributed by atoms with Crippen LogP contribution in [0.1, 0.15) is 55.5 Å². The first kappa shape index (κ1) is 25.1. The van der Waals surface area contributed by atoms with Crippen molar-refractivity contribution in [2.24, 2.45) is 17.1 Å². The maximum Gasteiger partial charge on any atom is 0.254 e. The summed E-state index contributed by atoms with van der Waals surface area (Å²) in [5.74, 6) is -2.20. The summed E-state index contributed by atoms with van der Waals surface area (Å²) in [4.78, 5) is 27.2. The lowest BCUT2D eigenvalue weighted by Gasteiger charge is -2.32. The summed E-state index contributed by atoms with van der Waals surface area (Å²) in [6.07, 6.45) is 3.87. The van der Waals surface area contributed by atoms with Crippen molar-refractivity contribution in [2.75, 3.05) is 18.4 Å². The Bertz CT molecular complexity index is 1000. The Kier molecular flexibility index (Phi) is 8.08. The highest BCUT2D eigenvalue weighted by Crippen LogP contribution is 2.28. The molecule has 1 aliphatic rings. The SMILES string of the molecule is CC(C)(CN)CN(Cc1cc(NC(=O)C2CCCC2)ccc1Cl)C(=O)c1cc(F)cc(F)c1. The molecule has 3 N–H and O–H groups in total. The van der Waals surface area contributed by atoms with E-state index in [0.717, 1.165) is 43.9 Å². The monoisotopic (exact) mass is 477 g/mol. The summed E-state index contributed by atoms with van der Waals surface area (Å²) >= 11 is 6.41. The van der Waals surface area contributed by atoms with Gasteiger partial charge in [0.2, 0.25) is 5.91 Å². The van der Waals surface area contributed by atoms with Gasteiger partial charge < -0.3 is 16.0 Å². The van der Waals surface area contributed by atoms with E-state index in [1.54, 1.807) is 18.2 Å². The zero-order valence-electron chi connectivity index (χ0n) is 19.0. The van der Waals surface area contributed by atoms with E-state index < -0.39 is 23.0 Å². The molecular formula is C25H30ClF2N3O2. The Labute approximate surface area is 198 Å². The number of hydrogen-bond acceptors (Lipinski definition) is 3. The third-order valence-corrected chi connectivity index (χ3v) is 6.34. The van der Waals surface area contributed by atoms with Gasteiger partial charge in [0.15, 0.2) is 0 Å². The van der Waals surface area contributed by atoms with Gasteiger partial charge in [0.1, 0.15) is 11.6 Å². The molecule has 178 valence electrons. The highest BCUT2D eigenvalue weighted by atomic mass is 35.5. The molecular weight excluding hydrogens is 448 g/mol. The van der Waals surface area contributed by atoms with Crippen LogP contribution < -0.4 is 11.1 Å². The van der Waals surface area contributed by atoms with Crippen molar-refractivity contribution in [3.63, 3.8) is 0 Å². The number of nitrogens with zero attached hydrogens (tertiary/aromatic N) is 1. The van der Waals surface area contributed by atoms with Crippen LogP contribution in [0.4, 0.5) is 14.5 Å². The van der Waals surface area contributed by atoms with E-state index in [9.17, 15) is 18.4 Å². The number of rotatable bonds is 8. The highest BCUT2D eigenvalue weighted by molar-refractivity contribution is 6.31. The number of nitrogens with two attached hydrogens (primary N) is 1. The van der Waals surface area contributed by atoms with Crippen LogP contribution in [0.15, 0.2) is 36.4 Å². The average molecular weight is 478 g/mol. The van der Waals surface area contributed by atoms with Gasteiger partial charge in [-0.05, 0) is 60.7 Å². The van der Waals surface area contributed by atoms with Crippen molar-refractivity contribution in [2.45, 2.75) is 46.1 Å². The molecule has 0 spiro atoms. The average Bonchev–Trinajstić information content (AvgIpc) is 3.29. The smallest absolute Gasteiger partial charge is 0.254 e. The molecule has 1 aliphatic carbocycles. The molecule has 0 atom stereocenters. The van der Waals surface area contributed by atoms with Gasteiger partial charge in [-0.3, -0.25) is 9.59 Å². The molecule has 0 radical (unpaired) electrons. The minimum atomic E-state index is -0.828. The van der Waals surface area contributed by atoms with Crippen molar-refractivity contribution in [1.29, 1.82) is 0 Å². The second-order valence-corrected chi connectivity index (χ2v) is 9.87. The normalized spacial score (nSPS) is 14.4. The summed E-state index contributed by atoms with van der Waals surface area (Å²) in [6, 6.07) is 7.85. The molecule has 0 unspecified atom stereocenters. The molecule has 2 aromatic rings. The number of carbonyl (C=O) groups excluding carboxylic acids is 2. The fourth-order valence-electron chi connectivity index (χ4n) is 4.05. The number of benzene rings is 2. The van der Waals surface area contributed by atoms with Crippen LogP contribution in [0, 0.1) is 23.0 Å². The number of halogens is 3. The second kappa shape index (κ2) is 10.6. The quantitative estimate of drug-likeness (QED) is 0.536. The van der Waals surface area contributed by atoms with Crippen LogP contribution in [-0.4, -0.2) is 29.8 Å². The summed E-state index contributed by atoms with van der Waals surface area (Å²) in [5.41, 5.74) is 6.54. The molecule has 8 heteroatoms. The van der Waals surface area contributed by atoms with Crippen LogP contribution >= 0.6 is 11.6 Å². The van der Waals surface area contributed by atoms with Crippen molar-refractivity contribution in [3.8, 4) is 0 Å². The van der Waals surface area contributed by atoms with Crippen LogP contribution in [-0.2, 0) is 11.3 Å². The first-order chi connectivity index (χ1) is 15.6. The van der Waals surface area contributed by atoms with Gasteiger partial charge in [0.05, 0.1) is 0 Å². The number of amides is 2. The molecule has 0 saturated heterocycles. The van der Waals surface area contributed by atoms with E-state index in [1.807, 2.05) is 13.8 Å². The predicted octanol–water partition coefficient (Wildman–Crippen LogP) is 5.37. The van der Waals surface area contributed by atoms with Crippen molar-refractivity contribution in [1.82, 2.24) is 4.90 Å². The van der Waals surface area contributed by atoms with E-state index in [2.05, 4.69) is 5.32 Å². The Morgan fingerprint density at radius 2 is 1.76 bits per heavy atom. The van der Waals surface area contributed by atoms with Gasteiger partial charge in [-0.15, -0.1) is 0 Å². The van der Waals surface area contributed by atoms with E-state index in [0.29, 0.717) is 22.8 Å². The summed E-state index contributed by atoms with van der Waals surface area (Å²) in [6.45, 7) is 4.44. The predicted molar refractivity (Wildman–Crippen MR) is 126 cm³/mol. The topological polar surface area (TPSA) is 75.4 Å². The maximum atomic E-state index is 13.8. The number of hydrogen-bond donors (Lipinski definition) is 2. The third kappa shape index (κ3) is 6.74. The molecule has 0 aliphatic heterocycles. The van der Waals surface area contributed by atoms with Gasteiger partial charge in [0, 0.05) is 41.3 Å². The summed E-state index contributed by atoms with van der Waals surface area (Å²) in [7, 11) is 0. The molecule has 0 heterocycles. The first-order valence-corrected chi connectivity index (χ1v) is 11.5.